The van der Waals surface area contributed by atoms with E-state index in [1.165, 1.54) is 0 Å². The van der Waals surface area contributed by atoms with Gasteiger partial charge in [-0.25, -0.2) is 4.98 Å². The summed E-state index contributed by atoms with van der Waals surface area (Å²) in [5, 5.41) is 4.15. The maximum atomic E-state index is 12.9. The van der Waals surface area contributed by atoms with Crippen molar-refractivity contribution >= 4 is 29.1 Å². The standard InChI is InChI=1S/C22H21Cl2N3O3/c1-27-8-7-25-22(27)20(15-3-5-16(23)6-4-15)26-19(28)13-14-11-17(24)21-18(12-14)29-9-2-10-30-21/h3-8,11-12,20H,2,9-10,13H2,1H3,(H,26,28). The lowest BCUT2D eigenvalue weighted by Gasteiger charge is -2.19. The molecule has 1 aromatic heterocycles. The molecular weight excluding hydrogens is 425 g/mol. The van der Waals surface area contributed by atoms with Crippen LogP contribution in [0.2, 0.25) is 10.0 Å². The van der Waals surface area contributed by atoms with Crippen molar-refractivity contribution in [3.63, 3.8) is 0 Å². The van der Waals surface area contributed by atoms with Gasteiger partial charge in [-0.15, -0.1) is 0 Å². The summed E-state index contributed by atoms with van der Waals surface area (Å²) in [6, 6.07) is 10.5. The number of hydrogen-bond acceptors (Lipinski definition) is 4. The number of hydrogen-bond donors (Lipinski definition) is 1. The van der Waals surface area contributed by atoms with Crippen molar-refractivity contribution < 1.29 is 14.3 Å². The molecule has 1 unspecified atom stereocenters. The van der Waals surface area contributed by atoms with Crippen molar-refractivity contribution in [3.05, 3.63) is 75.8 Å². The third-order valence-corrected chi connectivity index (χ3v) is 5.38. The fourth-order valence-electron chi connectivity index (χ4n) is 3.39. The molecule has 4 rings (SSSR count). The molecule has 3 aromatic rings. The van der Waals surface area contributed by atoms with Gasteiger partial charge in [0.2, 0.25) is 5.91 Å². The van der Waals surface area contributed by atoms with Gasteiger partial charge in [-0.1, -0.05) is 35.3 Å². The quantitative estimate of drug-likeness (QED) is 0.634. The van der Waals surface area contributed by atoms with Crippen LogP contribution < -0.4 is 14.8 Å². The predicted octanol–water partition coefficient (Wildman–Crippen LogP) is 4.34. The van der Waals surface area contributed by atoms with E-state index < -0.39 is 6.04 Å². The van der Waals surface area contributed by atoms with Crippen LogP contribution in [0.5, 0.6) is 11.5 Å². The van der Waals surface area contributed by atoms with E-state index in [0.29, 0.717) is 34.8 Å². The lowest BCUT2D eigenvalue weighted by molar-refractivity contribution is -0.121. The van der Waals surface area contributed by atoms with Crippen molar-refractivity contribution in [2.75, 3.05) is 13.2 Å². The SMILES string of the molecule is Cn1ccnc1C(NC(=O)Cc1cc(Cl)c2c(c1)OCCCO2)c1ccc(Cl)cc1. The van der Waals surface area contributed by atoms with Crippen molar-refractivity contribution in [1.29, 1.82) is 0 Å². The van der Waals surface area contributed by atoms with Crippen LogP contribution in [0.25, 0.3) is 0 Å². The number of aryl methyl sites for hydroxylation is 1. The Morgan fingerprint density at radius 1 is 1.20 bits per heavy atom. The summed E-state index contributed by atoms with van der Waals surface area (Å²) >= 11 is 12.4. The minimum absolute atomic E-state index is 0.144. The van der Waals surface area contributed by atoms with Crippen molar-refractivity contribution in [3.8, 4) is 11.5 Å². The highest BCUT2D eigenvalue weighted by Gasteiger charge is 2.22. The Bertz CT molecular complexity index is 1050. The number of halogens is 2. The van der Waals surface area contributed by atoms with Crippen LogP contribution in [-0.2, 0) is 18.3 Å². The molecule has 1 N–H and O–H groups in total. The first-order chi connectivity index (χ1) is 14.5. The average molecular weight is 446 g/mol. The monoisotopic (exact) mass is 445 g/mol. The molecule has 1 aliphatic heterocycles. The van der Waals surface area contributed by atoms with E-state index in [1.807, 2.05) is 36.0 Å². The fraction of sp³-hybridized carbons (Fsp3) is 0.273. The number of imidazole rings is 1. The molecule has 1 atom stereocenters. The predicted molar refractivity (Wildman–Crippen MR) is 115 cm³/mol. The van der Waals surface area contributed by atoms with Crippen LogP contribution >= 0.6 is 23.2 Å². The number of nitrogens with zero attached hydrogens (tertiary/aromatic N) is 2. The van der Waals surface area contributed by atoms with E-state index in [4.69, 9.17) is 32.7 Å². The highest BCUT2D eigenvalue weighted by Crippen LogP contribution is 2.38. The third-order valence-electron chi connectivity index (χ3n) is 4.85. The van der Waals surface area contributed by atoms with Crippen LogP contribution in [-0.4, -0.2) is 28.7 Å². The lowest BCUT2D eigenvalue weighted by atomic mass is 10.0. The Balaban J connectivity index is 1.56. The zero-order valence-electron chi connectivity index (χ0n) is 16.4. The first-order valence-electron chi connectivity index (χ1n) is 9.61. The van der Waals surface area contributed by atoms with E-state index in [2.05, 4.69) is 10.3 Å². The summed E-state index contributed by atoms with van der Waals surface area (Å²) in [6.45, 7) is 1.11. The van der Waals surface area contributed by atoms with E-state index >= 15 is 0 Å². The van der Waals surface area contributed by atoms with Crippen LogP contribution in [0.3, 0.4) is 0 Å². The Morgan fingerprint density at radius 3 is 2.70 bits per heavy atom. The van der Waals surface area contributed by atoms with Gasteiger partial charge in [-0.3, -0.25) is 4.79 Å². The van der Waals surface area contributed by atoms with Gasteiger partial charge in [0, 0.05) is 30.9 Å². The number of carbonyl (C=O) groups excluding carboxylic acids is 1. The zero-order chi connectivity index (χ0) is 21.1. The second-order valence-electron chi connectivity index (χ2n) is 7.08. The minimum Gasteiger partial charge on any atom is -0.489 e. The number of rotatable bonds is 5. The summed E-state index contributed by atoms with van der Waals surface area (Å²) in [6.07, 6.45) is 4.47. The molecule has 0 saturated carbocycles. The molecule has 0 saturated heterocycles. The zero-order valence-corrected chi connectivity index (χ0v) is 17.9. The Morgan fingerprint density at radius 2 is 1.97 bits per heavy atom. The molecule has 8 heteroatoms. The molecule has 1 amide bonds. The van der Waals surface area contributed by atoms with Gasteiger partial charge in [0.25, 0.3) is 0 Å². The van der Waals surface area contributed by atoms with Crippen LogP contribution in [0.1, 0.15) is 29.4 Å². The molecule has 0 radical (unpaired) electrons. The smallest absolute Gasteiger partial charge is 0.225 e. The maximum absolute atomic E-state index is 12.9. The highest BCUT2D eigenvalue weighted by molar-refractivity contribution is 6.32. The highest BCUT2D eigenvalue weighted by atomic mass is 35.5. The number of fused-ring (bicyclic) bond motifs is 1. The first-order valence-corrected chi connectivity index (χ1v) is 10.4. The molecule has 0 aliphatic carbocycles. The maximum Gasteiger partial charge on any atom is 0.225 e. The van der Waals surface area contributed by atoms with Crippen molar-refractivity contribution in [2.24, 2.45) is 7.05 Å². The molecule has 0 bridgehead atoms. The molecule has 30 heavy (non-hydrogen) atoms. The number of aromatic nitrogens is 2. The van der Waals surface area contributed by atoms with Gasteiger partial charge in [0.05, 0.1) is 24.7 Å². The number of benzene rings is 2. The molecule has 0 fully saturated rings. The summed E-state index contributed by atoms with van der Waals surface area (Å²) in [7, 11) is 1.89. The van der Waals surface area contributed by atoms with E-state index in [0.717, 1.165) is 23.4 Å². The van der Waals surface area contributed by atoms with Gasteiger partial charge in [-0.2, -0.15) is 0 Å². The van der Waals surface area contributed by atoms with Gasteiger partial charge in [-0.05, 0) is 35.4 Å². The summed E-state index contributed by atoms with van der Waals surface area (Å²) in [4.78, 5) is 17.3. The third kappa shape index (κ3) is 4.55. The molecule has 2 aromatic carbocycles. The van der Waals surface area contributed by atoms with Gasteiger partial charge in [0.1, 0.15) is 11.9 Å². The normalized spacial score (nSPS) is 14.1. The lowest BCUT2D eigenvalue weighted by Crippen LogP contribution is -2.32. The topological polar surface area (TPSA) is 65.4 Å². The first kappa shape index (κ1) is 20.6. The van der Waals surface area contributed by atoms with Gasteiger partial charge < -0.3 is 19.4 Å². The molecule has 1 aliphatic rings. The van der Waals surface area contributed by atoms with Crippen LogP contribution in [0, 0.1) is 0 Å². The summed E-state index contributed by atoms with van der Waals surface area (Å²) in [5.41, 5.74) is 1.63. The molecule has 6 nitrogen and oxygen atoms in total. The second kappa shape index (κ2) is 8.98. The molecule has 2 heterocycles. The van der Waals surface area contributed by atoms with Crippen LogP contribution in [0.4, 0.5) is 0 Å². The second-order valence-corrected chi connectivity index (χ2v) is 7.92. The molecule has 156 valence electrons. The molecule has 0 spiro atoms. The average Bonchev–Trinajstić information content (AvgIpc) is 2.99. The Hall–Kier alpha value is -2.70. The fourth-order valence-corrected chi connectivity index (χ4v) is 3.80. The Kier molecular flexibility index (Phi) is 6.16. The van der Waals surface area contributed by atoms with E-state index in [9.17, 15) is 4.79 Å². The number of carbonyl (C=O) groups is 1. The minimum atomic E-state index is -0.411. The Labute approximate surface area is 184 Å². The van der Waals surface area contributed by atoms with Crippen molar-refractivity contribution in [1.82, 2.24) is 14.9 Å². The van der Waals surface area contributed by atoms with Gasteiger partial charge in [0.15, 0.2) is 11.5 Å². The summed E-state index contributed by atoms with van der Waals surface area (Å²) < 4.78 is 13.3. The number of nitrogens with one attached hydrogen (secondary N) is 1. The van der Waals surface area contributed by atoms with E-state index in [-0.39, 0.29) is 12.3 Å². The van der Waals surface area contributed by atoms with E-state index in [1.54, 1.807) is 24.4 Å². The summed E-state index contributed by atoms with van der Waals surface area (Å²) in [5.74, 6) is 1.66. The van der Waals surface area contributed by atoms with Crippen LogP contribution in [0.15, 0.2) is 48.8 Å². The largest absolute Gasteiger partial charge is 0.489 e. The number of ether oxygens (including phenoxy) is 2. The van der Waals surface area contributed by atoms with Gasteiger partial charge >= 0.3 is 0 Å². The van der Waals surface area contributed by atoms with Crippen molar-refractivity contribution in [2.45, 2.75) is 18.9 Å². The number of amides is 1. The molecular formula is C22H21Cl2N3O3.